The fourth-order valence-electron chi connectivity index (χ4n) is 2.77. The van der Waals surface area contributed by atoms with E-state index in [0.717, 1.165) is 33.5 Å². The van der Waals surface area contributed by atoms with Crippen molar-refractivity contribution in [1.29, 1.82) is 0 Å². The van der Waals surface area contributed by atoms with Gasteiger partial charge in [-0.05, 0) is 54.6 Å². The van der Waals surface area contributed by atoms with Crippen LogP contribution in [0.15, 0.2) is 72.8 Å². The molecular weight excluding hydrogens is 332 g/mol. The SMILES string of the molecule is COc1ccc(-c2nc(-c3ccc(Cl)cc3)nc3ccccc23)cc1. The van der Waals surface area contributed by atoms with Crippen LogP contribution in [-0.2, 0) is 0 Å². The fourth-order valence-corrected chi connectivity index (χ4v) is 2.90. The molecule has 0 saturated carbocycles. The second-order valence-corrected chi connectivity index (χ2v) is 6.08. The van der Waals surface area contributed by atoms with E-state index < -0.39 is 0 Å². The highest BCUT2D eigenvalue weighted by Crippen LogP contribution is 2.30. The lowest BCUT2D eigenvalue weighted by atomic mass is 10.1. The molecule has 3 aromatic carbocycles. The van der Waals surface area contributed by atoms with E-state index >= 15 is 0 Å². The molecule has 0 bridgehead atoms. The van der Waals surface area contributed by atoms with E-state index in [1.807, 2.05) is 72.8 Å². The Balaban J connectivity index is 1.93. The zero-order valence-electron chi connectivity index (χ0n) is 13.6. The summed E-state index contributed by atoms with van der Waals surface area (Å²) in [6, 6.07) is 23.5. The number of benzene rings is 3. The first-order chi connectivity index (χ1) is 12.2. The molecule has 0 saturated heterocycles. The zero-order valence-corrected chi connectivity index (χ0v) is 14.4. The number of hydrogen-bond acceptors (Lipinski definition) is 3. The predicted molar refractivity (Wildman–Crippen MR) is 102 cm³/mol. The number of rotatable bonds is 3. The molecule has 25 heavy (non-hydrogen) atoms. The third kappa shape index (κ3) is 3.06. The standard InChI is InChI=1S/C21H15ClN2O/c1-25-17-12-8-14(9-13-17)20-18-4-2-3-5-19(18)23-21(24-20)15-6-10-16(22)11-7-15/h2-13H,1H3. The molecule has 0 spiro atoms. The van der Waals surface area contributed by atoms with Gasteiger partial charge >= 0.3 is 0 Å². The molecule has 0 aliphatic heterocycles. The molecular formula is C21H15ClN2O. The molecule has 4 aromatic rings. The predicted octanol–water partition coefficient (Wildman–Crippen LogP) is 5.63. The maximum atomic E-state index is 6.00. The highest BCUT2D eigenvalue weighted by Gasteiger charge is 2.11. The number of methoxy groups -OCH3 is 1. The Kier molecular flexibility index (Phi) is 4.08. The van der Waals surface area contributed by atoms with Crippen molar-refractivity contribution in [3.8, 4) is 28.4 Å². The Hall–Kier alpha value is -2.91. The van der Waals surface area contributed by atoms with Crippen LogP contribution in [0.2, 0.25) is 5.02 Å². The maximum Gasteiger partial charge on any atom is 0.160 e. The van der Waals surface area contributed by atoms with E-state index in [1.54, 1.807) is 7.11 Å². The summed E-state index contributed by atoms with van der Waals surface area (Å²) in [4.78, 5) is 9.55. The van der Waals surface area contributed by atoms with Gasteiger partial charge in [-0.2, -0.15) is 0 Å². The molecule has 4 rings (SSSR count). The van der Waals surface area contributed by atoms with E-state index in [1.165, 1.54) is 0 Å². The monoisotopic (exact) mass is 346 g/mol. The van der Waals surface area contributed by atoms with Crippen LogP contribution in [0.4, 0.5) is 0 Å². The van der Waals surface area contributed by atoms with Gasteiger partial charge in [0.1, 0.15) is 5.75 Å². The normalized spacial score (nSPS) is 10.8. The summed E-state index contributed by atoms with van der Waals surface area (Å²) in [6.45, 7) is 0. The third-order valence-electron chi connectivity index (χ3n) is 4.07. The summed E-state index contributed by atoms with van der Waals surface area (Å²) >= 11 is 6.00. The molecule has 4 heteroatoms. The fraction of sp³-hybridized carbons (Fsp3) is 0.0476. The quantitative estimate of drug-likeness (QED) is 0.482. The first kappa shape index (κ1) is 15.6. The van der Waals surface area contributed by atoms with Crippen molar-refractivity contribution in [1.82, 2.24) is 9.97 Å². The zero-order chi connectivity index (χ0) is 17.2. The lowest BCUT2D eigenvalue weighted by molar-refractivity contribution is 0.415. The van der Waals surface area contributed by atoms with Gasteiger partial charge in [-0.1, -0.05) is 29.8 Å². The van der Waals surface area contributed by atoms with Crippen LogP contribution >= 0.6 is 11.6 Å². The van der Waals surface area contributed by atoms with Crippen molar-refractivity contribution in [2.75, 3.05) is 7.11 Å². The lowest BCUT2D eigenvalue weighted by Crippen LogP contribution is -1.95. The van der Waals surface area contributed by atoms with Gasteiger partial charge in [0.2, 0.25) is 0 Å². The Bertz CT molecular complexity index is 1030. The second kappa shape index (κ2) is 6.54. The van der Waals surface area contributed by atoms with E-state index in [0.29, 0.717) is 10.8 Å². The summed E-state index contributed by atoms with van der Waals surface area (Å²) in [6.07, 6.45) is 0. The Morgan fingerprint density at radius 1 is 0.760 bits per heavy atom. The van der Waals surface area contributed by atoms with Crippen molar-refractivity contribution in [2.24, 2.45) is 0 Å². The van der Waals surface area contributed by atoms with Gasteiger partial charge in [0.25, 0.3) is 0 Å². The van der Waals surface area contributed by atoms with Crippen molar-refractivity contribution >= 4 is 22.5 Å². The molecule has 0 amide bonds. The summed E-state index contributed by atoms with van der Waals surface area (Å²) < 4.78 is 5.25. The first-order valence-corrected chi connectivity index (χ1v) is 8.29. The van der Waals surface area contributed by atoms with E-state index in [4.69, 9.17) is 26.3 Å². The molecule has 0 unspecified atom stereocenters. The van der Waals surface area contributed by atoms with E-state index in [2.05, 4.69) is 0 Å². The highest BCUT2D eigenvalue weighted by atomic mass is 35.5. The maximum absolute atomic E-state index is 6.00. The van der Waals surface area contributed by atoms with Crippen LogP contribution in [-0.4, -0.2) is 17.1 Å². The van der Waals surface area contributed by atoms with Crippen LogP contribution in [0.25, 0.3) is 33.5 Å². The van der Waals surface area contributed by atoms with Crippen LogP contribution in [0.3, 0.4) is 0 Å². The number of fused-ring (bicyclic) bond motifs is 1. The van der Waals surface area contributed by atoms with Crippen molar-refractivity contribution in [2.45, 2.75) is 0 Å². The molecule has 0 fully saturated rings. The number of aromatic nitrogens is 2. The molecule has 0 aliphatic carbocycles. The molecule has 0 N–H and O–H groups in total. The second-order valence-electron chi connectivity index (χ2n) is 5.65. The largest absolute Gasteiger partial charge is 0.497 e. The summed E-state index contributed by atoms with van der Waals surface area (Å²) in [5.74, 6) is 1.50. The smallest absolute Gasteiger partial charge is 0.160 e. The van der Waals surface area contributed by atoms with E-state index in [9.17, 15) is 0 Å². The lowest BCUT2D eigenvalue weighted by Gasteiger charge is -2.10. The van der Waals surface area contributed by atoms with Gasteiger partial charge in [-0.15, -0.1) is 0 Å². The Morgan fingerprint density at radius 3 is 2.16 bits per heavy atom. The summed E-state index contributed by atoms with van der Waals surface area (Å²) in [5, 5.41) is 1.71. The number of nitrogens with zero attached hydrogens (tertiary/aromatic N) is 2. The Morgan fingerprint density at radius 2 is 1.44 bits per heavy atom. The molecule has 1 heterocycles. The van der Waals surface area contributed by atoms with Gasteiger partial charge in [-0.25, -0.2) is 9.97 Å². The van der Waals surface area contributed by atoms with Gasteiger partial charge in [0, 0.05) is 21.5 Å². The highest BCUT2D eigenvalue weighted by molar-refractivity contribution is 6.30. The molecule has 122 valence electrons. The number of hydrogen-bond donors (Lipinski definition) is 0. The van der Waals surface area contributed by atoms with Gasteiger partial charge < -0.3 is 4.74 Å². The van der Waals surface area contributed by atoms with Crippen molar-refractivity contribution in [3.63, 3.8) is 0 Å². The van der Waals surface area contributed by atoms with E-state index in [-0.39, 0.29) is 0 Å². The average Bonchev–Trinajstić information content (AvgIpc) is 2.68. The van der Waals surface area contributed by atoms with Crippen LogP contribution in [0.1, 0.15) is 0 Å². The molecule has 1 aromatic heterocycles. The van der Waals surface area contributed by atoms with Gasteiger partial charge in [0.05, 0.1) is 18.3 Å². The minimum Gasteiger partial charge on any atom is -0.497 e. The van der Waals surface area contributed by atoms with Crippen LogP contribution in [0, 0.1) is 0 Å². The van der Waals surface area contributed by atoms with Crippen molar-refractivity contribution in [3.05, 3.63) is 77.8 Å². The number of ether oxygens (including phenoxy) is 1. The number of halogens is 1. The average molecular weight is 347 g/mol. The van der Waals surface area contributed by atoms with Crippen molar-refractivity contribution < 1.29 is 4.74 Å². The Labute approximate surface area is 150 Å². The number of para-hydroxylation sites is 1. The minimum absolute atomic E-state index is 0.682. The molecule has 0 atom stereocenters. The molecule has 3 nitrogen and oxygen atoms in total. The summed E-state index contributed by atoms with van der Waals surface area (Å²) in [5.41, 5.74) is 3.77. The van der Waals surface area contributed by atoms with Crippen LogP contribution < -0.4 is 4.74 Å². The topological polar surface area (TPSA) is 35.0 Å². The van der Waals surface area contributed by atoms with Gasteiger partial charge in [0.15, 0.2) is 5.82 Å². The third-order valence-corrected chi connectivity index (χ3v) is 4.32. The summed E-state index contributed by atoms with van der Waals surface area (Å²) in [7, 11) is 1.66. The van der Waals surface area contributed by atoms with Gasteiger partial charge in [-0.3, -0.25) is 0 Å². The van der Waals surface area contributed by atoms with Crippen LogP contribution in [0.5, 0.6) is 5.75 Å². The minimum atomic E-state index is 0.682. The molecule has 0 radical (unpaired) electrons. The first-order valence-electron chi connectivity index (χ1n) is 7.92. The molecule has 0 aliphatic rings.